The van der Waals surface area contributed by atoms with Crippen molar-refractivity contribution in [2.24, 2.45) is 17.4 Å². The first-order valence-corrected chi connectivity index (χ1v) is 16.9. The molecule has 5 amide bonds. The standard InChI is InChI=1S/C29H46N8O11S/c30-13-20(38)1-2-23(40)33-14-21(39)11-19(28(31)47)18-49-22-12-25(42)37(29(22)48)4-3-32-24(41)15-34-5-7-35(16-26(43)44)9-10-36(8-6-34)17-27(45)46/h19,22H,1-18,30H2,(H2,31,47)(H,32,41)(H,33,40)(H,43,44)(H,45,46). The maximum atomic E-state index is 12.9. The molecular formula is C29H46N8O11S. The molecule has 2 fully saturated rings. The highest BCUT2D eigenvalue weighted by atomic mass is 32.2. The van der Waals surface area contributed by atoms with E-state index in [1.54, 1.807) is 14.7 Å². The molecule has 0 aromatic carbocycles. The van der Waals surface area contributed by atoms with E-state index in [0.717, 1.165) is 16.7 Å². The zero-order chi connectivity index (χ0) is 36.5. The number of rotatable bonds is 21. The molecule has 2 aliphatic rings. The van der Waals surface area contributed by atoms with Gasteiger partial charge < -0.3 is 32.3 Å². The minimum Gasteiger partial charge on any atom is -0.480 e. The highest BCUT2D eigenvalue weighted by Crippen LogP contribution is 2.27. The van der Waals surface area contributed by atoms with Crippen molar-refractivity contribution in [2.45, 2.75) is 30.9 Å². The lowest BCUT2D eigenvalue weighted by Gasteiger charge is -2.24. The van der Waals surface area contributed by atoms with Gasteiger partial charge in [-0.15, -0.1) is 11.8 Å². The molecule has 0 spiro atoms. The van der Waals surface area contributed by atoms with Crippen LogP contribution in [0.5, 0.6) is 0 Å². The molecule has 0 aromatic heterocycles. The third-order valence-electron chi connectivity index (χ3n) is 7.86. The highest BCUT2D eigenvalue weighted by Gasteiger charge is 2.39. The van der Waals surface area contributed by atoms with Gasteiger partial charge in [-0.2, -0.15) is 0 Å². The summed E-state index contributed by atoms with van der Waals surface area (Å²) in [6.45, 7) is 0.994. The zero-order valence-corrected chi connectivity index (χ0v) is 28.1. The fourth-order valence-corrected chi connectivity index (χ4v) is 6.36. The Morgan fingerprint density at radius 1 is 0.796 bits per heavy atom. The first kappa shape index (κ1) is 41.2. The minimum atomic E-state index is -1.02. The summed E-state index contributed by atoms with van der Waals surface area (Å²) < 4.78 is 0. The minimum absolute atomic E-state index is 0.0160. The molecule has 2 saturated heterocycles. The number of carbonyl (C=O) groups excluding carboxylic acids is 7. The number of Topliss-reactive ketones (excluding diaryl/α,β-unsaturated/α-hetero) is 2. The van der Waals surface area contributed by atoms with Gasteiger partial charge in [-0.1, -0.05) is 0 Å². The Morgan fingerprint density at radius 2 is 1.35 bits per heavy atom. The maximum absolute atomic E-state index is 12.9. The number of aliphatic carboxylic acids is 2. The zero-order valence-electron chi connectivity index (χ0n) is 27.3. The monoisotopic (exact) mass is 714 g/mol. The molecule has 274 valence electrons. The first-order chi connectivity index (χ1) is 23.2. The number of primary amides is 1. The van der Waals surface area contributed by atoms with Gasteiger partial charge in [0.1, 0.15) is 5.78 Å². The van der Waals surface area contributed by atoms with E-state index in [4.69, 9.17) is 11.5 Å². The number of hydrogen-bond acceptors (Lipinski definition) is 14. The molecule has 19 nitrogen and oxygen atoms in total. The Morgan fingerprint density at radius 3 is 1.86 bits per heavy atom. The number of amides is 5. The number of carboxylic acids is 2. The van der Waals surface area contributed by atoms with Crippen molar-refractivity contribution in [1.29, 1.82) is 0 Å². The number of carbonyl (C=O) groups is 9. The van der Waals surface area contributed by atoms with E-state index in [1.165, 1.54) is 0 Å². The Bertz CT molecular complexity index is 1220. The first-order valence-electron chi connectivity index (χ1n) is 15.8. The molecule has 20 heteroatoms. The van der Waals surface area contributed by atoms with Crippen LogP contribution in [0.2, 0.25) is 0 Å². The topological polar surface area (TPSA) is 283 Å². The van der Waals surface area contributed by atoms with E-state index in [1.807, 2.05) is 0 Å². The maximum Gasteiger partial charge on any atom is 0.317 e. The number of imide groups is 1. The van der Waals surface area contributed by atoms with E-state index in [9.17, 15) is 53.4 Å². The second kappa shape index (κ2) is 21.2. The Labute approximate surface area is 287 Å². The number of nitrogens with one attached hydrogen (secondary N) is 2. The molecule has 0 aromatic rings. The summed E-state index contributed by atoms with van der Waals surface area (Å²) in [5.74, 6) is -6.44. The van der Waals surface area contributed by atoms with Gasteiger partial charge in [-0.3, -0.25) is 62.8 Å². The summed E-state index contributed by atoms with van der Waals surface area (Å²) in [7, 11) is 0. The third kappa shape index (κ3) is 15.9. The molecule has 2 heterocycles. The molecule has 8 N–H and O–H groups in total. The summed E-state index contributed by atoms with van der Waals surface area (Å²) in [5, 5.41) is 22.6. The fraction of sp³-hybridized carbons (Fsp3) is 0.690. The van der Waals surface area contributed by atoms with Crippen molar-refractivity contribution in [1.82, 2.24) is 30.2 Å². The third-order valence-corrected chi connectivity index (χ3v) is 9.22. The largest absolute Gasteiger partial charge is 0.480 e. The van der Waals surface area contributed by atoms with Crippen molar-refractivity contribution in [2.75, 3.05) is 90.8 Å². The quantitative estimate of drug-likeness (QED) is 0.0612. The van der Waals surface area contributed by atoms with Crippen LogP contribution in [0.3, 0.4) is 0 Å². The number of nitrogens with zero attached hydrogens (tertiary/aromatic N) is 4. The number of ketones is 2. The second-order valence-electron chi connectivity index (χ2n) is 11.7. The van der Waals surface area contributed by atoms with Gasteiger partial charge in [0.05, 0.1) is 43.9 Å². The summed E-state index contributed by atoms with van der Waals surface area (Å²) in [6.07, 6.45) is -0.609. The molecule has 49 heavy (non-hydrogen) atoms. The summed E-state index contributed by atoms with van der Waals surface area (Å²) in [5.41, 5.74) is 10.6. The van der Waals surface area contributed by atoms with E-state index in [2.05, 4.69) is 10.6 Å². The van der Waals surface area contributed by atoms with E-state index in [0.29, 0.717) is 39.3 Å². The molecule has 2 unspecified atom stereocenters. The van der Waals surface area contributed by atoms with Crippen LogP contribution in [-0.2, 0) is 43.2 Å². The molecule has 0 bridgehead atoms. The van der Waals surface area contributed by atoms with Crippen molar-refractivity contribution >= 4 is 64.8 Å². The number of nitrogens with two attached hydrogens (primary N) is 2. The van der Waals surface area contributed by atoms with Crippen LogP contribution in [0.1, 0.15) is 25.7 Å². The molecule has 0 radical (unpaired) electrons. The predicted molar refractivity (Wildman–Crippen MR) is 174 cm³/mol. The summed E-state index contributed by atoms with van der Waals surface area (Å²) in [6, 6.07) is 0. The van der Waals surface area contributed by atoms with Crippen LogP contribution in [0.25, 0.3) is 0 Å². The molecular weight excluding hydrogens is 668 g/mol. The number of thioether (sulfide) groups is 1. The SMILES string of the molecule is NCC(=O)CCC(=O)NCC(=O)CC(CSC1CC(=O)N(CCNC(=O)CN2CCN(CC(=O)O)CCN(CC(=O)O)CC2)C1=O)C(N)=O. The van der Waals surface area contributed by atoms with Gasteiger partial charge >= 0.3 is 11.9 Å². The summed E-state index contributed by atoms with van der Waals surface area (Å²) >= 11 is 1.01. The average molecular weight is 715 g/mol. The predicted octanol–water partition coefficient (Wildman–Crippen LogP) is -4.46. The Kier molecular flexibility index (Phi) is 17.8. The number of hydrogen-bond donors (Lipinski definition) is 6. The van der Waals surface area contributed by atoms with Crippen molar-refractivity contribution < 1.29 is 53.4 Å². The van der Waals surface area contributed by atoms with Gasteiger partial charge in [0, 0.05) is 83.8 Å². The van der Waals surface area contributed by atoms with Crippen LogP contribution in [0, 0.1) is 5.92 Å². The van der Waals surface area contributed by atoms with E-state index in [-0.39, 0.29) is 83.0 Å². The van der Waals surface area contributed by atoms with Gasteiger partial charge in [0.25, 0.3) is 0 Å². The molecule has 0 saturated carbocycles. The lowest BCUT2D eigenvalue weighted by atomic mass is 10.0. The smallest absolute Gasteiger partial charge is 0.317 e. The normalized spacial score (nSPS) is 18.6. The summed E-state index contributed by atoms with van der Waals surface area (Å²) in [4.78, 5) is 114. The van der Waals surface area contributed by atoms with Gasteiger partial charge in [0.2, 0.25) is 29.5 Å². The molecule has 0 aliphatic carbocycles. The van der Waals surface area contributed by atoms with Crippen molar-refractivity contribution in [3.05, 3.63) is 0 Å². The van der Waals surface area contributed by atoms with Gasteiger partial charge in [-0.25, -0.2) is 0 Å². The van der Waals surface area contributed by atoms with Crippen LogP contribution >= 0.6 is 11.8 Å². The van der Waals surface area contributed by atoms with Gasteiger partial charge in [-0.05, 0) is 0 Å². The average Bonchev–Trinajstić information content (AvgIpc) is 3.34. The van der Waals surface area contributed by atoms with Crippen LogP contribution in [-0.4, -0.2) is 179 Å². The van der Waals surface area contributed by atoms with Crippen LogP contribution < -0.4 is 22.1 Å². The highest BCUT2D eigenvalue weighted by molar-refractivity contribution is 8.00. The lowest BCUT2D eigenvalue weighted by Crippen LogP contribution is -2.45. The van der Waals surface area contributed by atoms with E-state index < -0.39 is 58.4 Å². The van der Waals surface area contributed by atoms with Crippen LogP contribution in [0.4, 0.5) is 0 Å². The second-order valence-corrected chi connectivity index (χ2v) is 13.0. The Hall–Kier alpha value is -3.98. The van der Waals surface area contributed by atoms with Gasteiger partial charge in [0.15, 0.2) is 5.78 Å². The molecule has 2 rings (SSSR count). The van der Waals surface area contributed by atoms with Crippen molar-refractivity contribution in [3.63, 3.8) is 0 Å². The lowest BCUT2D eigenvalue weighted by molar-refractivity contribution is -0.140. The number of likely N-dealkylation sites (tertiary alicyclic amines) is 1. The fourth-order valence-electron chi connectivity index (χ4n) is 5.09. The van der Waals surface area contributed by atoms with E-state index >= 15 is 0 Å². The Balaban J connectivity index is 1.81. The number of carboxylic acid groups (broad SMARTS) is 2. The molecule has 2 aliphatic heterocycles. The molecule has 2 atom stereocenters. The van der Waals surface area contributed by atoms with Crippen molar-refractivity contribution in [3.8, 4) is 0 Å². The van der Waals surface area contributed by atoms with Crippen LogP contribution in [0.15, 0.2) is 0 Å².